The standard InChI is InChI=1S/C17H24N2O5/c1-4-24-16-10-14(19(21)22)13(9-15(16)23-3)17(20)18-12-7-5-6-11(2)8-12/h9-12H,4-8H2,1-3H3,(H,18,20)/t11-,12-/m1/s1. The zero-order valence-electron chi connectivity index (χ0n) is 14.3. The summed E-state index contributed by atoms with van der Waals surface area (Å²) in [7, 11) is 1.44. The second-order valence-corrected chi connectivity index (χ2v) is 6.15. The molecule has 1 aromatic rings. The number of nitro benzene ring substituents is 1. The van der Waals surface area contributed by atoms with Crippen molar-refractivity contribution in [2.75, 3.05) is 13.7 Å². The molecule has 0 bridgehead atoms. The molecular formula is C17H24N2O5. The maximum atomic E-state index is 12.6. The fourth-order valence-electron chi connectivity index (χ4n) is 3.14. The van der Waals surface area contributed by atoms with Crippen LogP contribution in [0.1, 0.15) is 49.9 Å². The summed E-state index contributed by atoms with van der Waals surface area (Å²) in [6, 6.07) is 2.68. The van der Waals surface area contributed by atoms with E-state index >= 15 is 0 Å². The average molecular weight is 336 g/mol. The average Bonchev–Trinajstić information content (AvgIpc) is 2.54. The highest BCUT2D eigenvalue weighted by Gasteiger charge is 2.27. The lowest BCUT2D eigenvalue weighted by Gasteiger charge is -2.27. The van der Waals surface area contributed by atoms with Crippen molar-refractivity contribution < 1.29 is 19.2 Å². The number of ether oxygens (including phenoxy) is 2. The van der Waals surface area contributed by atoms with Crippen molar-refractivity contribution in [3.8, 4) is 11.5 Å². The molecule has 0 saturated heterocycles. The summed E-state index contributed by atoms with van der Waals surface area (Å²) in [5.41, 5.74) is -0.279. The van der Waals surface area contributed by atoms with Gasteiger partial charge in [0.2, 0.25) is 0 Å². The molecular weight excluding hydrogens is 312 g/mol. The minimum atomic E-state index is -0.569. The van der Waals surface area contributed by atoms with Crippen molar-refractivity contribution in [3.05, 3.63) is 27.8 Å². The molecule has 0 radical (unpaired) electrons. The van der Waals surface area contributed by atoms with Crippen molar-refractivity contribution in [1.82, 2.24) is 5.32 Å². The Morgan fingerprint density at radius 1 is 1.38 bits per heavy atom. The van der Waals surface area contributed by atoms with Crippen molar-refractivity contribution >= 4 is 11.6 Å². The normalized spacial score (nSPS) is 20.3. The number of carbonyl (C=O) groups is 1. The Balaban J connectivity index is 2.29. The van der Waals surface area contributed by atoms with Gasteiger partial charge < -0.3 is 14.8 Å². The number of hydrogen-bond acceptors (Lipinski definition) is 5. The fraction of sp³-hybridized carbons (Fsp3) is 0.588. The third-order valence-electron chi connectivity index (χ3n) is 4.29. The van der Waals surface area contributed by atoms with E-state index in [1.165, 1.54) is 19.2 Å². The molecule has 1 aliphatic rings. The number of carbonyl (C=O) groups excluding carboxylic acids is 1. The maximum absolute atomic E-state index is 12.6. The molecule has 132 valence electrons. The maximum Gasteiger partial charge on any atom is 0.286 e. The number of nitrogens with zero attached hydrogens (tertiary/aromatic N) is 1. The fourth-order valence-corrected chi connectivity index (χ4v) is 3.14. The van der Waals surface area contributed by atoms with E-state index < -0.39 is 10.8 Å². The second-order valence-electron chi connectivity index (χ2n) is 6.15. The molecule has 1 aliphatic carbocycles. The number of methoxy groups -OCH3 is 1. The van der Waals surface area contributed by atoms with E-state index in [1.807, 2.05) is 0 Å². The van der Waals surface area contributed by atoms with Gasteiger partial charge in [-0.3, -0.25) is 14.9 Å². The van der Waals surface area contributed by atoms with Crippen LogP contribution in [0.2, 0.25) is 0 Å². The van der Waals surface area contributed by atoms with Gasteiger partial charge in [-0.05, 0) is 25.7 Å². The Hall–Kier alpha value is -2.31. The van der Waals surface area contributed by atoms with Gasteiger partial charge in [-0.15, -0.1) is 0 Å². The molecule has 24 heavy (non-hydrogen) atoms. The van der Waals surface area contributed by atoms with Gasteiger partial charge in [0.05, 0.1) is 24.7 Å². The van der Waals surface area contributed by atoms with Gasteiger partial charge in [0.1, 0.15) is 5.56 Å². The van der Waals surface area contributed by atoms with Crippen LogP contribution in [0.5, 0.6) is 11.5 Å². The summed E-state index contributed by atoms with van der Waals surface area (Å²) < 4.78 is 10.6. The Morgan fingerprint density at radius 2 is 2.12 bits per heavy atom. The molecule has 1 saturated carbocycles. The highest BCUT2D eigenvalue weighted by atomic mass is 16.6. The van der Waals surface area contributed by atoms with Gasteiger partial charge in [-0.1, -0.05) is 19.8 Å². The van der Waals surface area contributed by atoms with Crippen LogP contribution in [-0.4, -0.2) is 30.6 Å². The third kappa shape index (κ3) is 4.15. The summed E-state index contributed by atoms with van der Waals surface area (Å²) in [5, 5.41) is 14.3. The van der Waals surface area contributed by atoms with Crippen LogP contribution in [0.4, 0.5) is 5.69 Å². The summed E-state index contributed by atoms with van der Waals surface area (Å²) in [6.07, 6.45) is 4.01. The first-order valence-corrected chi connectivity index (χ1v) is 8.26. The number of nitro groups is 1. The Kier molecular flexibility index (Phi) is 6.00. The van der Waals surface area contributed by atoms with Gasteiger partial charge in [-0.25, -0.2) is 0 Å². The molecule has 1 fully saturated rings. The van der Waals surface area contributed by atoms with Gasteiger partial charge in [0.25, 0.3) is 11.6 Å². The number of rotatable bonds is 6. The number of amides is 1. The topological polar surface area (TPSA) is 90.7 Å². The lowest BCUT2D eigenvalue weighted by molar-refractivity contribution is -0.385. The SMILES string of the molecule is CCOc1cc([N+](=O)[O-])c(C(=O)N[C@@H]2CCC[C@@H](C)C2)cc1OC. The van der Waals surface area contributed by atoms with Crippen LogP contribution in [-0.2, 0) is 0 Å². The van der Waals surface area contributed by atoms with Gasteiger partial charge in [0.15, 0.2) is 11.5 Å². The molecule has 7 heteroatoms. The molecule has 0 spiro atoms. The molecule has 0 unspecified atom stereocenters. The number of nitrogens with one attached hydrogen (secondary N) is 1. The van der Waals surface area contributed by atoms with Crippen molar-refractivity contribution in [1.29, 1.82) is 0 Å². The molecule has 1 amide bonds. The van der Waals surface area contributed by atoms with Crippen LogP contribution in [0.15, 0.2) is 12.1 Å². The first kappa shape index (κ1) is 18.0. The minimum absolute atomic E-state index is 0.00136. The smallest absolute Gasteiger partial charge is 0.286 e. The van der Waals surface area contributed by atoms with Crippen LogP contribution in [0.3, 0.4) is 0 Å². The monoisotopic (exact) mass is 336 g/mol. The van der Waals surface area contributed by atoms with E-state index in [1.54, 1.807) is 6.92 Å². The van der Waals surface area contributed by atoms with E-state index in [0.717, 1.165) is 25.7 Å². The summed E-state index contributed by atoms with van der Waals surface area (Å²) >= 11 is 0. The molecule has 1 N–H and O–H groups in total. The zero-order chi connectivity index (χ0) is 17.7. The Labute approximate surface area is 141 Å². The lowest BCUT2D eigenvalue weighted by Crippen LogP contribution is -2.38. The predicted molar refractivity (Wildman–Crippen MR) is 89.7 cm³/mol. The molecule has 1 aromatic carbocycles. The highest BCUT2D eigenvalue weighted by Crippen LogP contribution is 2.35. The Morgan fingerprint density at radius 3 is 2.71 bits per heavy atom. The van der Waals surface area contributed by atoms with Crippen LogP contribution in [0, 0.1) is 16.0 Å². The summed E-state index contributed by atoms with van der Waals surface area (Å²) in [6.45, 7) is 4.27. The van der Waals surface area contributed by atoms with Crippen LogP contribution < -0.4 is 14.8 Å². The first-order chi connectivity index (χ1) is 11.5. The van der Waals surface area contributed by atoms with E-state index in [4.69, 9.17) is 9.47 Å². The van der Waals surface area contributed by atoms with Crippen molar-refractivity contribution in [3.63, 3.8) is 0 Å². The van der Waals surface area contributed by atoms with Crippen molar-refractivity contribution in [2.24, 2.45) is 5.92 Å². The Bertz CT molecular complexity index is 617. The summed E-state index contributed by atoms with van der Waals surface area (Å²) in [5.74, 6) is 0.676. The van der Waals surface area contributed by atoms with E-state index in [0.29, 0.717) is 18.3 Å². The van der Waals surface area contributed by atoms with Gasteiger partial charge in [-0.2, -0.15) is 0 Å². The molecule has 0 aliphatic heterocycles. The van der Waals surface area contributed by atoms with E-state index in [2.05, 4.69) is 12.2 Å². The molecule has 0 heterocycles. The van der Waals surface area contributed by atoms with Crippen molar-refractivity contribution in [2.45, 2.75) is 45.6 Å². The molecule has 0 aromatic heterocycles. The van der Waals surface area contributed by atoms with Gasteiger partial charge in [0, 0.05) is 12.1 Å². The third-order valence-corrected chi connectivity index (χ3v) is 4.29. The number of benzene rings is 1. The van der Waals surface area contributed by atoms with Crippen LogP contribution in [0.25, 0.3) is 0 Å². The molecule has 2 rings (SSSR count). The summed E-state index contributed by atoms with van der Waals surface area (Å²) in [4.78, 5) is 23.4. The lowest BCUT2D eigenvalue weighted by atomic mass is 9.87. The quantitative estimate of drug-likeness (QED) is 0.636. The number of hydrogen-bond donors (Lipinski definition) is 1. The van der Waals surface area contributed by atoms with Gasteiger partial charge >= 0.3 is 0 Å². The van der Waals surface area contributed by atoms with E-state index in [-0.39, 0.29) is 23.0 Å². The second kappa shape index (κ2) is 7.99. The van der Waals surface area contributed by atoms with E-state index in [9.17, 15) is 14.9 Å². The predicted octanol–water partition coefficient (Wildman–Crippen LogP) is 3.31. The largest absolute Gasteiger partial charge is 0.493 e. The minimum Gasteiger partial charge on any atom is -0.493 e. The highest BCUT2D eigenvalue weighted by molar-refractivity contribution is 5.99. The van der Waals surface area contributed by atoms with Crippen LogP contribution >= 0.6 is 0 Å². The first-order valence-electron chi connectivity index (χ1n) is 8.26. The molecule has 2 atom stereocenters. The molecule has 7 nitrogen and oxygen atoms in total. The zero-order valence-corrected chi connectivity index (χ0v) is 14.3.